The summed E-state index contributed by atoms with van der Waals surface area (Å²) in [7, 11) is 0. The van der Waals surface area contributed by atoms with Gasteiger partial charge in [-0.25, -0.2) is 0 Å². The van der Waals surface area contributed by atoms with Crippen molar-refractivity contribution in [2.75, 3.05) is 26.2 Å². The summed E-state index contributed by atoms with van der Waals surface area (Å²) in [6.07, 6.45) is 1.06. The van der Waals surface area contributed by atoms with Crippen molar-refractivity contribution >= 4 is 11.7 Å². The fraction of sp³-hybridized carbons (Fsp3) is 0.500. The third-order valence-corrected chi connectivity index (χ3v) is 3.95. The van der Waals surface area contributed by atoms with Crippen LogP contribution in [0.2, 0.25) is 0 Å². The molecule has 4 nitrogen and oxygen atoms in total. The average molecular weight is 274 g/mol. The molecule has 0 radical (unpaired) electrons. The molecule has 1 aromatic rings. The maximum atomic E-state index is 12.2. The number of rotatable bonds is 4. The quantitative estimate of drug-likeness (QED) is 0.673. The van der Waals surface area contributed by atoms with E-state index in [1.54, 1.807) is 17.0 Å². The molecule has 1 atom stereocenters. The number of ketones is 1. The fourth-order valence-corrected chi connectivity index (χ4v) is 2.33. The topological polar surface area (TPSA) is 49.4 Å². The lowest BCUT2D eigenvalue weighted by Crippen LogP contribution is -2.48. The zero-order chi connectivity index (χ0) is 14.5. The predicted octanol–water partition coefficient (Wildman–Crippen LogP) is 1.81. The Morgan fingerprint density at radius 1 is 1.20 bits per heavy atom. The van der Waals surface area contributed by atoms with Crippen molar-refractivity contribution < 1.29 is 9.59 Å². The summed E-state index contributed by atoms with van der Waals surface area (Å²) in [4.78, 5) is 25.9. The Labute approximate surface area is 120 Å². The first-order chi connectivity index (χ1) is 9.63. The zero-order valence-corrected chi connectivity index (χ0v) is 12.2. The molecule has 0 bridgehead atoms. The Kier molecular flexibility index (Phi) is 4.90. The zero-order valence-electron chi connectivity index (χ0n) is 12.2. The lowest BCUT2D eigenvalue weighted by Gasteiger charge is -2.26. The number of benzene rings is 1. The van der Waals surface area contributed by atoms with Crippen LogP contribution in [-0.2, 0) is 4.79 Å². The van der Waals surface area contributed by atoms with Crippen LogP contribution in [-0.4, -0.2) is 42.8 Å². The molecule has 1 aliphatic rings. The number of hydrogen-bond acceptors (Lipinski definition) is 3. The number of Topliss-reactive ketones (excluding diaryl/α,β-unsaturated/α-hetero) is 1. The highest BCUT2D eigenvalue weighted by Gasteiger charge is 2.24. The summed E-state index contributed by atoms with van der Waals surface area (Å²) in [5, 5.41) is 3.17. The van der Waals surface area contributed by atoms with Gasteiger partial charge in [0.05, 0.1) is 0 Å². The molecular weight excluding hydrogens is 252 g/mol. The molecular formula is C16H22N2O2. The maximum Gasteiger partial charge on any atom is 0.295 e. The highest BCUT2D eigenvalue weighted by Crippen LogP contribution is 2.19. The van der Waals surface area contributed by atoms with Gasteiger partial charge in [-0.05, 0) is 17.9 Å². The first-order valence-electron chi connectivity index (χ1n) is 7.27. The number of carbonyl (C=O) groups is 2. The van der Waals surface area contributed by atoms with Crippen LogP contribution in [0.3, 0.4) is 0 Å². The minimum absolute atomic E-state index is 0.386. The van der Waals surface area contributed by atoms with E-state index in [0.29, 0.717) is 24.6 Å². The lowest BCUT2D eigenvalue weighted by molar-refractivity contribution is -0.126. The van der Waals surface area contributed by atoms with E-state index in [-0.39, 0.29) is 5.91 Å². The van der Waals surface area contributed by atoms with Gasteiger partial charge in [0.25, 0.3) is 5.91 Å². The van der Waals surface area contributed by atoms with Crippen molar-refractivity contribution in [2.45, 2.75) is 26.2 Å². The third kappa shape index (κ3) is 3.25. The summed E-state index contributed by atoms with van der Waals surface area (Å²) in [5.74, 6) is -0.312. The van der Waals surface area contributed by atoms with Crippen molar-refractivity contribution in [3.63, 3.8) is 0 Å². The summed E-state index contributed by atoms with van der Waals surface area (Å²) in [6, 6.07) is 7.44. The molecule has 0 saturated carbocycles. The Balaban J connectivity index is 2.06. The summed E-state index contributed by atoms with van der Waals surface area (Å²) in [5.41, 5.74) is 1.69. The van der Waals surface area contributed by atoms with Gasteiger partial charge in [0.15, 0.2) is 0 Å². The molecule has 20 heavy (non-hydrogen) atoms. The van der Waals surface area contributed by atoms with Crippen molar-refractivity contribution in [2.24, 2.45) is 0 Å². The van der Waals surface area contributed by atoms with Crippen molar-refractivity contribution in [1.82, 2.24) is 10.2 Å². The second-order valence-corrected chi connectivity index (χ2v) is 5.30. The maximum absolute atomic E-state index is 12.2. The van der Waals surface area contributed by atoms with Crippen LogP contribution < -0.4 is 5.32 Å². The standard InChI is InChI=1S/C16H22N2O2/c1-3-12(2)13-4-6-14(7-5-13)15(19)16(20)18-10-8-17-9-11-18/h4-7,12,17H,3,8-11H2,1-2H3. The molecule has 108 valence electrons. The number of nitrogens with one attached hydrogen (secondary N) is 1. The number of amides is 1. The van der Waals surface area contributed by atoms with E-state index in [9.17, 15) is 9.59 Å². The molecule has 1 unspecified atom stereocenters. The highest BCUT2D eigenvalue weighted by molar-refractivity contribution is 6.42. The number of piperazine rings is 1. The molecule has 1 saturated heterocycles. The summed E-state index contributed by atoms with van der Waals surface area (Å²) >= 11 is 0. The fourth-order valence-electron chi connectivity index (χ4n) is 2.33. The number of hydrogen-bond donors (Lipinski definition) is 1. The molecule has 4 heteroatoms. The molecule has 2 rings (SSSR count). The Morgan fingerprint density at radius 3 is 2.35 bits per heavy atom. The molecule has 1 fully saturated rings. The average Bonchev–Trinajstić information content (AvgIpc) is 2.53. The monoisotopic (exact) mass is 274 g/mol. The first kappa shape index (κ1) is 14.7. The predicted molar refractivity (Wildman–Crippen MR) is 78.9 cm³/mol. The van der Waals surface area contributed by atoms with Gasteiger partial charge in [-0.3, -0.25) is 9.59 Å². The van der Waals surface area contributed by atoms with E-state index >= 15 is 0 Å². The van der Waals surface area contributed by atoms with Gasteiger partial charge < -0.3 is 10.2 Å². The van der Waals surface area contributed by atoms with Gasteiger partial charge in [-0.1, -0.05) is 38.1 Å². The van der Waals surface area contributed by atoms with E-state index in [0.717, 1.165) is 19.5 Å². The van der Waals surface area contributed by atoms with Gasteiger partial charge in [0, 0.05) is 31.7 Å². The SMILES string of the molecule is CCC(C)c1ccc(C(=O)C(=O)N2CCNCC2)cc1. The van der Waals surface area contributed by atoms with Crippen LogP contribution in [0, 0.1) is 0 Å². The van der Waals surface area contributed by atoms with Gasteiger partial charge in [0.1, 0.15) is 0 Å². The minimum atomic E-state index is -0.400. The van der Waals surface area contributed by atoms with Gasteiger partial charge in [0.2, 0.25) is 5.78 Å². The van der Waals surface area contributed by atoms with Crippen molar-refractivity contribution in [3.05, 3.63) is 35.4 Å². The smallest absolute Gasteiger partial charge is 0.295 e. The van der Waals surface area contributed by atoms with Gasteiger partial charge in [-0.2, -0.15) is 0 Å². The second-order valence-electron chi connectivity index (χ2n) is 5.30. The molecule has 1 N–H and O–H groups in total. The minimum Gasteiger partial charge on any atom is -0.333 e. The van der Waals surface area contributed by atoms with Crippen LogP contribution in [0.15, 0.2) is 24.3 Å². The molecule has 1 amide bonds. The van der Waals surface area contributed by atoms with Gasteiger partial charge in [-0.15, -0.1) is 0 Å². The lowest BCUT2D eigenvalue weighted by atomic mass is 9.96. The number of carbonyl (C=O) groups excluding carboxylic acids is 2. The van der Waals surface area contributed by atoms with E-state index in [4.69, 9.17) is 0 Å². The Bertz CT molecular complexity index is 476. The van der Waals surface area contributed by atoms with Crippen molar-refractivity contribution in [1.29, 1.82) is 0 Å². The first-order valence-corrected chi connectivity index (χ1v) is 7.27. The largest absolute Gasteiger partial charge is 0.333 e. The molecule has 1 heterocycles. The van der Waals surface area contributed by atoms with Crippen LogP contribution >= 0.6 is 0 Å². The van der Waals surface area contributed by atoms with Crippen LogP contribution in [0.1, 0.15) is 42.1 Å². The molecule has 1 aliphatic heterocycles. The Morgan fingerprint density at radius 2 is 1.80 bits per heavy atom. The van der Waals surface area contributed by atoms with Crippen LogP contribution in [0.25, 0.3) is 0 Å². The molecule has 0 aromatic heterocycles. The van der Waals surface area contributed by atoms with Crippen LogP contribution in [0.5, 0.6) is 0 Å². The molecule has 0 spiro atoms. The highest BCUT2D eigenvalue weighted by atomic mass is 16.2. The Hall–Kier alpha value is -1.68. The van der Waals surface area contributed by atoms with Crippen molar-refractivity contribution in [3.8, 4) is 0 Å². The summed E-state index contributed by atoms with van der Waals surface area (Å²) in [6.45, 7) is 7.02. The molecule has 0 aliphatic carbocycles. The summed E-state index contributed by atoms with van der Waals surface area (Å²) < 4.78 is 0. The van der Waals surface area contributed by atoms with E-state index in [2.05, 4.69) is 19.2 Å². The van der Waals surface area contributed by atoms with E-state index in [1.165, 1.54) is 5.56 Å². The third-order valence-electron chi connectivity index (χ3n) is 3.95. The second kappa shape index (κ2) is 6.66. The van der Waals surface area contributed by atoms with E-state index in [1.807, 2.05) is 12.1 Å². The number of nitrogens with zero attached hydrogens (tertiary/aromatic N) is 1. The van der Waals surface area contributed by atoms with E-state index < -0.39 is 5.78 Å². The molecule has 1 aromatic carbocycles. The van der Waals surface area contributed by atoms with Gasteiger partial charge >= 0.3 is 0 Å². The normalized spacial score (nSPS) is 16.8. The van der Waals surface area contributed by atoms with Crippen LogP contribution in [0.4, 0.5) is 0 Å².